The Morgan fingerprint density at radius 3 is 2.22 bits per heavy atom. The van der Waals surface area contributed by atoms with Gasteiger partial charge in [-0.25, -0.2) is 0 Å². The van der Waals surface area contributed by atoms with E-state index >= 15 is 0 Å². The number of nitriles is 1. The Balaban J connectivity index is 0. The molecule has 0 saturated heterocycles. The molecule has 0 aromatic carbocycles. The maximum absolute atomic E-state index is 8.26. The summed E-state index contributed by atoms with van der Waals surface area (Å²) in [6.07, 6.45) is 0.981. The summed E-state index contributed by atoms with van der Waals surface area (Å²) in [5, 5.41) is 8.26. The third-order valence-corrected chi connectivity index (χ3v) is 1.41. The second-order valence-electron chi connectivity index (χ2n) is 2.04. The topological polar surface area (TPSA) is 49.8 Å². The van der Waals surface area contributed by atoms with Gasteiger partial charge in [0.15, 0.2) is 0 Å². The molecule has 0 aromatic heterocycles. The van der Waals surface area contributed by atoms with Crippen LogP contribution in [0.2, 0.25) is 0 Å². The maximum atomic E-state index is 8.26. The van der Waals surface area contributed by atoms with Crippen molar-refractivity contribution >= 4 is 12.4 Å². The summed E-state index contributed by atoms with van der Waals surface area (Å²) < 4.78 is 0. The van der Waals surface area contributed by atoms with Gasteiger partial charge in [-0.1, -0.05) is 20.3 Å². The zero-order chi connectivity index (χ0) is 6.57. The van der Waals surface area contributed by atoms with Crippen LogP contribution < -0.4 is 5.73 Å². The minimum Gasteiger partial charge on any atom is -0.316 e. The predicted molar refractivity (Wildman–Crippen MR) is 40.3 cm³/mol. The van der Waals surface area contributed by atoms with Crippen molar-refractivity contribution in [3.8, 4) is 6.07 Å². The van der Waals surface area contributed by atoms with E-state index in [1.807, 2.05) is 19.9 Å². The number of hydrogen-bond acceptors (Lipinski definition) is 2. The molecule has 2 unspecified atom stereocenters. The largest absolute Gasteiger partial charge is 0.316 e. The van der Waals surface area contributed by atoms with Crippen molar-refractivity contribution in [3.63, 3.8) is 0 Å². The fourth-order valence-corrected chi connectivity index (χ4v) is 0.381. The fraction of sp³-hybridized carbons (Fsp3) is 0.833. The van der Waals surface area contributed by atoms with Gasteiger partial charge >= 0.3 is 0 Å². The quantitative estimate of drug-likeness (QED) is 0.642. The zero-order valence-corrected chi connectivity index (χ0v) is 6.61. The maximum Gasteiger partial charge on any atom is 0.0953 e. The molecule has 0 fully saturated rings. The lowest BCUT2D eigenvalue weighted by molar-refractivity contribution is 0.510. The second kappa shape index (κ2) is 5.87. The summed E-state index contributed by atoms with van der Waals surface area (Å²) >= 11 is 0. The van der Waals surface area contributed by atoms with Crippen molar-refractivity contribution in [2.75, 3.05) is 0 Å². The van der Waals surface area contributed by atoms with Gasteiger partial charge in [0.25, 0.3) is 0 Å². The molecule has 0 rings (SSSR count). The molecule has 0 aliphatic carbocycles. The molecule has 3 heteroatoms. The van der Waals surface area contributed by atoms with Crippen molar-refractivity contribution in [2.45, 2.75) is 26.3 Å². The van der Waals surface area contributed by atoms with Crippen LogP contribution >= 0.6 is 12.4 Å². The molecule has 0 spiro atoms. The van der Waals surface area contributed by atoms with Crippen LogP contribution in [0.4, 0.5) is 0 Å². The third kappa shape index (κ3) is 4.26. The van der Waals surface area contributed by atoms with Crippen molar-refractivity contribution in [3.05, 3.63) is 0 Å². The van der Waals surface area contributed by atoms with Gasteiger partial charge in [-0.2, -0.15) is 5.26 Å². The van der Waals surface area contributed by atoms with Gasteiger partial charge in [0, 0.05) is 0 Å². The molecule has 54 valence electrons. The highest BCUT2D eigenvalue weighted by atomic mass is 35.5. The Bertz CT molecular complexity index is 97.7. The van der Waals surface area contributed by atoms with Gasteiger partial charge in [-0.15, -0.1) is 12.4 Å². The summed E-state index contributed by atoms with van der Waals surface area (Å²) in [5.41, 5.74) is 5.37. The van der Waals surface area contributed by atoms with Crippen LogP contribution in [-0.2, 0) is 0 Å². The fourth-order valence-electron chi connectivity index (χ4n) is 0.381. The Kier molecular flexibility index (Phi) is 7.52. The summed E-state index contributed by atoms with van der Waals surface area (Å²) in [5.74, 6) is 0.333. The second-order valence-corrected chi connectivity index (χ2v) is 2.04. The first kappa shape index (κ1) is 11.5. The monoisotopic (exact) mass is 148 g/mol. The number of rotatable bonds is 2. The van der Waals surface area contributed by atoms with E-state index < -0.39 is 0 Å². The SMILES string of the molecule is CCC(C)C(N)C#N.Cl. The highest BCUT2D eigenvalue weighted by Gasteiger charge is 2.07. The lowest BCUT2D eigenvalue weighted by atomic mass is 10.0. The molecule has 0 saturated carbocycles. The molecule has 0 aliphatic heterocycles. The first-order chi connectivity index (χ1) is 3.72. The number of nitrogens with zero attached hydrogens (tertiary/aromatic N) is 1. The lowest BCUT2D eigenvalue weighted by Crippen LogP contribution is -2.25. The van der Waals surface area contributed by atoms with Crippen LogP contribution in [-0.4, -0.2) is 6.04 Å². The summed E-state index contributed by atoms with van der Waals surface area (Å²) in [4.78, 5) is 0. The first-order valence-electron chi connectivity index (χ1n) is 2.87. The summed E-state index contributed by atoms with van der Waals surface area (Å²) in [6.45, 7) is 4.01. The van der Waals surface area contributed by atoms with E-state index in [9.17, 15) is 0 Å². The minimum absolute atomic E-state index is 0. The smallest absolute Gasteiger partial charge is 0.0953 e. The van der Waals surface area contributed by atoms with E-state index in [2.05, 4.69) is 0 Å². The molecule has 2 N–H and O–H groups in total. The van der Waals surface area contributed by atoms with Gasteiger partial charge in [-0.3, -0.25) is 0 Å². The number of nitrogens with two attached hydrogens (primary N) is 1. The Labute approximate surface area is 62.4 Å². The summed E-state index contributed by atoms with van der Waals surface area (Å²) in [7, 11) is 0. The van der Waals surface area contributed by atoms with Crippen LogP contribution in [0.15, 0.2) is 0 Å². The highest BCUT2D eigenvalue weighted by Crippen LogP contribution is 2.02. The Morgan fingerprint density at radius 2 is 2.11 bits per heavy atom. The van der Waals surface area contributed by atoms with Gasteiger partial charge in [0.2, 0.25) is 0 Å². The van der Waals surface area contributed by atoms with Gasteiger partial charge in [0.05, 0.1) is 12.1 Å². The van der Waals surface area contributed by atoms with E-state index in [0.29, 0.717) is 5.92 Å². The molecule has 2 nitrogen and oxygen atoms in total. The van der Waals surface area contributed by atoms with E-state index in [1.165, 1.54) is 0 Å². The zero-order valence-electron chi connectivity index (χ0n) is 5.79. The van der Waals surface area contributed by atoms with Crippen molar-refractivity contribution in [1.29, 1.82) is 5.26 Å². The van der Waals surface area contributed by atoms with Gasteiger partial charge in [-0.05, 0) is 5.92 Å². The average molecular weight is 149 g/mol. The normalized spacial score (nSPS) is 14.9. The van der Waals surface area contributed by atoms with E-state index in [4.69, 9.17) is 11.0 Å². The lowest BCUT2D eigenvalue weighted by Gasteiger charge is -2.08. The van der Waals surface area contributed by atoms with Crippen LogP contribution in [0.25, 0.3) is 0 Å². The molecule has 0 radical (unpaired) electrons. The molecule has 0 amide bonds. The molecule has 2 atom stereocenters. The molecule has 0 bridgehead atoms. The van der Waals surface area contributed by atoms with Gasteiger partial charge in [0.1, 0.15) is 0 Å². The number of halogens is 1. The first-order valence-corrected chi connectivity index (χ1v) is 2.87. The Hall–Kier alpha value is -0.260. The van der Waals surface area contributed by atoms with Crippen LogP contribution in [0.5, 0.6) is 0 Å². The van der Waals surface area contributed by atoms with Crippen LogP contribution in [0.1, 0.15) is 20.3 Å². The van der Waals surface area contributed by atoms with Crippen molar-refractivity contribution in [1.82, 2.24) is 0 Å². The Morgan fingerprint density at radius 1 is 1.67 bits per heavy atom. The van der Waals surface area contributed by atoms with Crippen molar-refractivity contribution < 1.29 is 0 Å². The average Bonchev–Trinajstić information content (AvgIpc) is 1.84. The molecular formula is C6H13ClN2. The molecule has 9 heavy (non-hydrogen) atoms. The molecule has 0 aromatic rings. The van der Waals surface area contributed by atoms with E-state index in [0.717, 1.165) is 6.42 Å². The standard InChI is InChI=1S/C6H12N2.ClH/c1-3-5(2)6(8)4-7;/h5-6H,3,8H2,1-2H3;1H. The van der Waals surface area contributed by atoms with Crippen LogP contribution in [0.3, 0.4) is 0 Å². The summed E-state index contributed by atoms with van der Waals surface area (Å²) in [6, 6.07) is 1.72. The van der Waals surface area contributed by atoms with Crippen LogP contribution in [0, 0.1) is 17.2 Å². The van der Waals surface area contributed by atoms with E-state index in [1.54, 1.807) is 0 Å². The van der Waals surface area contributed by atoms with Crippen molar-refractivity contribution in [2.24, 2.45) is 11.7 Å². The third-order valence-electron chi connectivity index (χ3n) is 1.41. The molecule has 0 heterocycles. The predicted octanol–water partition coefficient (Wildman–Crippen LogP) is 1.31. The highest BCUT2D eigenvalue weighted by molar-refractivity contribution is 5.85. The number of hydrogen-bond donors (Lipinski definition) is 1. The molecule has 0 aliphatic rings. The molecular weight excluding hydrogens is 136 g/mol. The van der Waals surface area contributed by atoms with Gasteiger partial charge < -0.3 is 5.73 Å². The minimum atomic E-state index is -0.278. The van der Waals surface area contributed by atoms with E-state index in [-0.39, 0.29) is 18.4 Å².